The molecule has 19 heavy (non-hydrogen) atoms. The number of nitrogens with two attached hydrogens (primary N) is 1. The SMILES string of the molecule is Cc1ccccc1-c1cc2ccc(N)cc2[nH]c1=O. The predicted molar refractivity (Wildman–Crippen MR) is 79.2 cm³/mol. The van der Waals surface area contributed by atoms with Crippen LogP contribution in [0.15, 0.2) is 53.3 Å². The van der Waals surface area contributed by atoms with Gasteiger partial charge in [0.1, 0.15) is 0 Å². The molecule has 0 fully saturated rings. The van der Waals surface area contributed by atoms with E-state index in [2.05, 4.69) is 4.98 Å². The summed E-state index contributed by atoms with van der Waals surface area (Å²) in [7, 11) is 0. The molecule has 1 aromatic heterocycles. The number of nitrogen functional groups attached to an aromatic ring is 1. The average molecular weight is 250 g/mol. The highest BCUT2D eigenvalue weighted by molar-refractivity contribution is 5.86. The van der Waals surface area contributed by atoms with Crippen molar-refractivity contribution in [3.63, 3.8) is 0 Å². The minimum absolute atomic E-state index is 0.0904. The van der Waals surface area contributed by atoms with Gasteiger partial charge in [-0.25, -0.2) is 0 Å². The first-order chi connectivity index (χ1) is 9.15. The van der Waals surface area contributed by atoms with Gasteiger partial charge in [-0.05, 0) is 41.6 Å². The summed E-state index contributed by atoms with van der Waals surface area (Å²) in [5.41, 5.74) is 9.78. The summed E-state index contributed by atoms with van der Waals surface area (Å²) in [5.74, 6) is 0. The van der Waals surface area contributed by atoms with E-state index in [-0.39, 0.29) is 5.56 Å². The van der Waals surface area contributed by atoms with E-state index in [1.165, 1.54) is 0 Å². The molecule has 3 rings (SSSR count). The van der Waals surface area contributed by atoms with Crippen LogP contribution in [-0.2, 0) is 0 Å². The van der Waals surface area contributed by atoms with Gasteiger partial charge in [-0.15, -0.1) is 0 Å². The Morgan fingerprint density at radius 3 is 2.58 bits per heavy atom. The van der Waals surface area contributed by atoms with Crippen LogP contribution in [-0.4, -0.2) is 4.98 Å². The summed E-state index contributed by atoms with van der Waals surface area (Å²) in [6.45, 7) is 2.00. The maximum atomic E-state index is 12.2. The Kier molecular flexibility index (Phi) is 2.60. The van der Waals surface area contributed by atoms with Crippen molar-refractivity contribution in [3.8, 4) is 11.1 Å². The molecule has 0 saturated carbocycles. The lowest BCUT2D eigenvalue weighted by Gasteiger charge is -2.07. The van der Waals surface area contributed by atoms with Crippen molar-refractivity contribution in [3.05, 3.63) is 64.4 Å². The van der Waals surface area contributed by atoms with Gasteiger partial charge in [-0.3, -0.25) is 4.79 Å². The van der Waals surface area contributed by atoms with Crippen molar-refractivity contribution in [2.75, 3.05) is 5.73 Å². The van der Waals surface area contributed by atoms with Crippen LogP contribution in [0.4, 0.5) is 5.69 Å². The highest BCUT2D eigenvalue weighted by Gasteiger charge is 2.07. The molecule has 0 saturated heterocycles. The van der Waals surface area contributed by atoms with Gasteiger partial charge < -0.3 is 10.7 Å². The smallest absolute Gasteiger partial charge is 0.256 e. The quantitative estimate of drug-likeness (QED) is 0.652. The molecule has 3 heteroatoms. The van der Waals surface area contributed by atoms with Gasteiger partial charge >= 0.3 is 0 Å². The second kappa shape index (κ2) is 4.28. The molecule has 0 aliphatic carbocycles. The lowest BCUT2D eigenvalue weighted by molar-refractivity contribution is 1.30. The van der Waals surface area contributed by atoms with Gasteiger partial charge in [-0.1, -0.05) is 30.3 Å². The number of rotatable bonds is 1. The minimum Gasteiger partial charge on any atom is -0.399 e. The molecule has 1 heterocycles. The summed E-state index contributed by atoms with van der Waals surface area (Å²) in [4.78, 5) is 15.1. The average Bonchev–Trinajstić information content (AvgIpc) is 2.39. The topological polar surface area (TPSA) is 58.9 Å². The van der Waals surface area contributed by atoms with E-state index in [4.69, 9.17) is 5.73 Å². The fourth-order valence-electron chi connectivity index (χ4n) is 2.29. The molecular weight excluding hydrogens is 236 g/mol. The predicted octanol–water partition coefficient (Wildman–Crippen LogP) is 3.09. The highest BCUT2D eigenvalue weighted by atomic mass is 16.1. The van der Waals surface area contributed by atoms with E-state index >= 15 is 0 Å². The number of nitrogens with one attached hydrogen (secondary N) is 1. The number of aryl methyl sites for hydroxylation is 1. The number of aromatic nitrogens is 1. The standard InChI is InChI=1S/C16H14N2O/c1-10-4-2-3-5-13(10)14-8-11-6-7-12(17)9-15(11)18-16(14)19/h2-9H,17H2,1H3,(H,18,19). The van der Waals surface area contributed by atoms with Crippen LogP contribution in [0.1, 0.15) is 5.56 Å². The van der Waals surface area contributed by atoms with Crippen molar-refractivity contribution in [2.45, 2.75) is 6.92 Å². The fraction of sp³-hybridized carbons (Fsp3) is 0.0625. The number of pyridine rings is 1. The molecule has 0 atom stereocenters. The van der Waals surface area contributed by atoms with Crippen molar-refractivity contribution in [1.29, 1.82) is 0 Å². The number of fused-ring (bicyclic) bond motifs is 1. The molecule has 3 aromatic rings. The van der Waals surface area contributed by atoms with Crippen LogP contribution in [0.5, 0.6) is 0 Å². The van der Waals surface area contributed by atoms with E-state index < -0.39 is 0 Å². The third-order valence-electron chi connectivity index (χ3n) is 3.31. The molecule has 0 spiro atoms. The zero-order valence-corrected chi connectivity index (χ0v) is 10.6. The fourth-order valence-corrected chi connectivity index (χ4v) is 2.29. The van der Waals surface area contributed by atoms with E-state index in [1.807, 2.05) is 49.4 Å². The molecular formula is C16H14N2O. The van der Waals surface area contributed by atoms with Crippen LogP contribution >= 0.6 is 0 Å². The Hall–Kier alpha value is -2.55. The van der Waals surface area contributed by atoms with E-state index in [1.54, 1.807) is 6.07 Å². The largest absolute Gasteiger partial charge is 0.399 e. The molecule has 0 unspecified atom stereocenters. The third-order valence-corrected chi connectivity index (χ3v) is 3.31. The first-order valence-corrected chi connectivity index (χ1v) is 6.14. The Bertz CT molecular complexity index is 818. The summed E-state index contributed by atoms with van der Waals surface area (Å²) in [6.07, 6.45) is 0. The number of aromatic amines is 1. The lowest BCUT2D eigenvalue weighted by Crippen LogP contribution is -2.09. The first kappa shape index (κ1) is 11.5. The molecule has 3 nitrogen and oxygen atoms in total. The van der Waals surface area contributed by atoms with Crippen LogP contribution in [0.2, 0.25) is 0 Å². The van der Waals surface area contributed by atoms with Crippen LogP contribution in [0.25, 0.3) is 22.0 Å². The van der Waals surface area contributed by atoms with Crippen molar-refractivity contribution >= 4 is 16.6 Å². The summed E-state index contributed by atoms with van der Waals surface area (Å²) < 4.78 is 0. The second-order valence-electron chi connectivity index (χ2n) is 4.67. The van der Waals surface area contributed by atoms with Crippen LogP contribution < -0.4 is 11.3 Å². The van der Waals surface area contributed by atoms with Crippen molar-refractivity contribution in [1.82, 2.24) is 4.98 Å². The first-order valence-electron chi connectivity index (χ1n) is 6.14. The number of anilines is 1. The number of hydrogen-bond acceptors (Lipinski definition) is 2. The Morgan fingerprint density at radius 2 is 1.79 bits per heavy atom. The van der Waals surface area contributed by atoms with Crippen molar-refractivity contribution < 1.29 is 0 Å². The van der Waals surface area contributed by atoms with E-state index in [9.17, 15) is 4.79 Å². The lowest BCUT2D eigenvalue weighted by atomic mass is 10.0. The van der Waals surface area contributed by atoms with Crippen LogP contribution in [0, 0.1) is 6.92 Å². The summed E-state index contributed by atoms with van der Waals surface area (Å²) in [5, 5.41) is 0.979. The van der Waals surface area contributed by atoms with E-state index in [0.29, 0.717) is 11.3 Å². The molecule has 0 aliphatic rings. The van der Waals surface area contributed by atoms with Gasteiger partial charge in [0.25, 0.3) is 5.56 Å². The Balaban J connectivity index is 2.31. The minimum atomic E-state index is -0.0904. The van der Waals surface area contributed by atoms with Gasteiger partial charge in [0.15, 0.2) is 0 Å². The highest BCUT2D eigenvalue weighted by Crippen LogP contribution is 2.23. The Morgan fingerprint density at radius 1 is 1.00 bits per heavy atom. The second-order valence-corrected chi connectivity index (χ2v) is 4.67. The maximum absolute atomic E-state index is 12.2. The van der Waals surface area contributed by atoms with Gasteiger partial charge in [0.05, 0.1) is 5.52 Å². The third kappa shape index (κ3) is 1.99. The molecule has 0 bridgehead atoms. The molecule has 0 aliphatic heterocycles. The zero-order valence-electron chi connectivity index (χ0n) is 10.6. The molecule has 2 aromatic carbocycles. The summed E-state index contributed by atoms with van der Waals surface area (Å²) >= 11 is 0. The molecule has 3 N–H and O–H groups in total. The van der Waals surface area contributed by atoms with Gasteiger partial charge in [-0.2, -0.15) is 0 Å². The number of hydrogen-bond donors (Lipinski definition) is 2. The monoisotopic (exact) mass is 250 g/mol. The zero-order chi connectivity index (χ0) is 13.4. The maximum Gasteiger partial charge on any atom is 0.256 e. The van der Waals surface area contributed by atoms with Crippen LogP contribution in [0.3, 0.4) is 0 Å². The summed E-state index contributed by atoms with van der Waals surface area (Å²) in [6, 6.07) is 15.3. The van der Waals surface area contributed by atoms with Gasteiger partial charge in [0.2, 0.25) is 0 Å². The molecule has 0 radical (unpaired) electrons. The van der Waals surface area contributed by atoms with Gasteiger partial charge in [0, 0.05) is 11.3 Å². The molecule has 0 amide bonds. The number of H-pyrrole nitrogens is 1. The van der Waals surface area contributed by atoms with Crippen molar-refractivity contribution in [2.24, 2.45) is 0 Å². The number of benzene rings is 2. The van der Waals surface area contributed by atoms with E-state index in [0.717, 1.165) is 22.0 Å². The molecule has 94 valence electrons. The normalized spacial score (nSPS) is 10.8. The Labute approximate surface area is 110 Å².